The lowest BCUT2D eigenvalue weighted by molar-refractivity contribution is 0.413. The first-order valence-electron chi connectivity index (χ1n) is 4.39. The highest BCUT2D eigenvalue weighted by atomic mass is 16.5. The molecule has 0 amide bonds. The van der Waals surface area contributed by atoms with Crippen molar-refractivity contribution in [2.75, 3.05) is 7.11 Å². The van der Waals surface area contributed by atoms with Gasteiger partial charge in [-0.25, -0.2) is 0 Å². The Morgan fingerprint density at radius 3 is 2.33 bits per heavy atom. The van der Waals surface area contributed by atoms with Crippen molar-refractivity contribution in [1.82, 2.24) is 0 Å². The van der Waals surface area contributed by atoms with Crippen molar-refractivity contribution >= 4 is 5.57 Å². The molecule has 0 radical (unpaired) electrons. The van der Waals surface area contributed by atoms with Crippen LogP contribution in [0.25, 0.3) is 5.57 Å². The van der Waals surface area contributed by atoms with Crippen molar-refractivity contribution in [1.29, 1.82) is 10.5 Å². The summed E-state index contributed by atoms with van der Waals surface area (Å²) in [6, 6.07) is 11.0. The van der Waals surface area contributed by atoms with E-state index in [9.17, 15) is 0 Å². The molecule has 0 saturated carbocycles. The highest BCUT2D eigenvalue weighted by Crippen LogP contribution is 2.27. The van der Waals surface area contributed by atoms with Crippen LogP contribution >= 0.6 is 0 Å². The molecule has 0 fully saturated rings. The van der Waals surface area contributed by atoms with Crippen LogP contribution in [0.4, 0.5) is 0 Å². The zero-order chi connectivity index (χ0) is 11.3. The normalized spacial score (nSPS) is 8.53. The summed E-state index contributed by atoms with van der Waals surface area (Å²) in [5.41, 5.74) is 1.52. The van der Waals surface area contributed by atoms with Gasteiger partial charge < -0.3 is 4.74 Å². The van der Waals surface area contributed by atoms with Gasteiger partial charge in [0, 0.05) is 5.56 Å². The number of hydrogen-bond acceptors (Lipinski definition) is 3. The quantitative estimate of drug-likeness (QED) is 0.686. The second-order valence-corrected chi connectivity index (χ2v) is 2.92. The second kappa shape index (κ2) is 4.83. The smallest absolute Gasteiger partial charge is 0.133 e. The van der Waals surface area contributed by atoms with Crippen molar-refractivity contribution < 1.29 is 4.74 Å². The number of ether oxygens (including phenoxy) is 1. The molecule has 0 saturated heterocycles. The molecule has 0 aliphatic rings. The number of nitriles is 2. The van der Waals surface area contributed by atoms with Gasteiger partial charge in [-0.2, -0.15) is 10.5 Å². The molecule has 0 unspecified atom stereocenters. The lowest BCUT2D eigenvalue weighted by Gasteiger charge is -2.07. The number of rotatable bonds is 2. The Hall–Kier alpha value is -2.26. The number of benzene rings is 1. The summed E-state index contributed by atoms with van der Waals surface area (Å²) in [5.74, 6) is 0.665. The highest BCUT2D eigenvalue weighted by Gasteiger charge is 2.08. The third-order valence-corrected chi connectivity index (χ3v) is 2.11. The van der Waals surface area contributed by atoms with Gasteiger partial charge in [-0.1, -0.05) is 18.2 Å². The first-order chi connectivity index (χ1) is 7.24. The Labute approximate surface area is 88.8 Å². The summed E-state index contributed by atoms with van der Waals surface area (Å²) in [5, 5.41) is 17.5. The summed E-state index contributed by atoms with van der Waals surface area (Å²) in [7, 11) is 1.56. The van der Waals surface area contributed by atoms with Crippen LogP contribution in [0.1, 0.15) is 12.5 Å². The highest BCUT2D eigenvalue weighted by molar-refractivity contribution is 5.77. The standard InChI is InChI=1S/C12H10N2O/c1-9(10(7-13)8-14)11-5-3-4-6-12(11)15-2/h3-6H,1-2H3. The van der Waals surface area contributed by atoms with Gasteiger partial charge >= 0.3 is 0 Å². The van der Waals surface area contributed by atoms with Crippen LogP contribution in [0.5, 0.6) is 5.75 Å². The molecule has 0 N–H and O–H groups in total. The Morgan fingerprint density at radius 2 is 1.80 bits per heavy atom. The van der Waals surface area contributed by atoms with Gasteiger partial charge in [-0.05, 0) is 18.6 Å². The van der Waals surface area contributed by atoms with Gasteiger partial charge in [0.2, 0.25) is 0 Å². The molecular weight excluding hydrogens is 188 g/mol. The largest absolute Gasteiger partial charge is 0.496 e. The summed E-state index contributed by atoms with van der Waals surface area (Å²) in [4.78, 5) is 0. The van der Waals surface area contributed by atoms with E-state index in [4.69, 9.17) is 15.3 Å². The zero-order valence-electron chi connectivity index (χ0n) is 8.61. The minimum absolute atomic E-state index is 0.111. The first kappa shape index (κ1) is 10.8. The van der Waals surface area contributed by atoms with Crippen LogP contribution in [-0.2, 0) is 0 Å². The van der Waals surface area contributed by atoms with Gasteiger partial charge in [-0.3, -0.25) is 0 Å². The fourth-order valence-electron chi connectivity index (χ4n) is 1.28. The van der Waals surface area contributed by atoms with Crippen LogP contribution in [0.15, 0.2) is 29.8 Å². The number of allylic oxidation sites excluding steroid dienone is 2. The minimum atomic E-state index is 0.111. The predicted octanol–water partition coefficient (Wildman–Crippen LogP) is 2.52. The molecule has 0 heterocycles. The second-order valence-electron chi connectivity index (χ2n) is 2.92. The van der Waals surface area contributed by atoms with E-state index in [-0.39, 0.29) is 5.57 Å². The lowest BCUT2D eigenvalue weighted by Crippen LogP contribution is -1.91. The Kier molecular flexibility index (Phi) is 3.49. The zero-order valence-corrected chi connectivity index (χ0v) is 8.61. The molecule has 1 rings (SSSR count). The summed E-state index contributed by atoms with van der Waals surface area (Å²) in [6.07, 6.45) is 0. The number of para-hydroxylation sites is 1. The van der Waals surface area contributed by atoms with E-state index in [1.807, 2.05) is 30.3 Å². The molecule has 0 aliphatic heterocycles. The van der Waals surface area contributed by atoms with E-state index >= 15 is 0 Å². The molecular formula is C12H10N2O. The molecule has 15 heavy (non-hydrogen) atoms. The molecule has 0 aliphatic carbocycles. The average Bonchev–Trinajstić information content (AvgIpc) is 2.30. The van der Waals surface area contributed by atoms with Crippen LogP contribution in [0.3, 0.4) is 0 Å². The Balaban J connectivity index is 3.36. The van der Waals surface area contributed by atoms with Gasteiger partial charge in [0.1, 0.15) is 23.5 Å². The molecule has 3 nitrogen and oxygen atoms in total. The van der Waals surface area contributed by atoms with Crippen molar-refractivity contribution in [3.8, 4) is 17.9 Å². The topological polar surface area (TPSA) is 56.8 Å². The molecule has 1 aromatic carbocycles. The van der Waals surface area contributed by atoms with E-state index in [0.717, 1.165) is 5.56 Å². The van der Waals surface area contributed by atoms with Crippen LogP contribution in [-0.4, -0.2) is 7.11 Å². The maximum absolute atomic E-state index is 8.75. The van der Waals surface area contributed by atoms with Gasteiger partial charge in [0.25, 0.3) is 0 Å². The number of hydrogen-bond donors (Lipinski definition) is 0. The van der Waals surface area contributed by atoms with E-state index in [0.29, 0.717) is 11.3 Å². The van der Waals surface area contributed by atoms with E-state index < -0.39 is 0 Å². The van der Waals surface area contributed by atoms with Crippen molar-refractivity contribution in [3.63, 3.8) is 0 Å². The third kappa shape index (κ3) is 2.15. The molecule has 0 aromatic heterocycles. The maximum Gasteiger partial charge on any atom is 0.133 e. The first-order valence-corrected chi connectivity index (χ1v) is 4.39. The molecule has 0 atom stereocenters. The third-order valence-electron chi connectivity index (χ3n) is 2.11. The van der Waals surface area contributed by atoms with Crippen LogP contribution in [0, 0.1) is 22.7 Å². The molecule has 0 spiro atoms. The maximum atomic E-state index is 8.75. The fraction of sp³-hybridized carbons (Fsp3) is 0.167. The van der Waals surface area contributed by atoms with E-state index in [1.54, 1.807) is 20.1 Å². The lowest BCUT2D eigenvalue weighted by atomic mass is 10.0. The Morgan fingerprint density at radius 1 is 1.20 bits per heavy atom. The molecule has 74 valence electrons. The monoisotopic (exact) mass is 198 g/mol. The van der Waals surface area contributed by atoms with Crippen molar-refractivity contribution in [2.24, 2.45) is 0 Å². The molecule has 0 bridgehead atoms. The van der Waals surface area contributed by atoms with E-state index in [1.165, 1.54) is 0 Å². The minimum Gasteiger partial charge on any atom is -0.496 e. The van der Waals surface area contributed by atoms with Crippen LogP contribution < -0.4 is 4.74 Å². The Bertz CT molecular complexity index is 459. The van der Waals surface area contributed by atoms with Gasteiger partial charge in [0.05, 0.1) is 7.11 Å². The number of nitrogens with zero attached hydrogens (tertiary/aromatic N) is 2. The van der Waals surface area contributed by atoms with Crippen molar-refractivity contribution in [3.05, 3.63) is 35.4 Å². The van der Waals surface area contributed by atoms with Gasteiger partial charge in [-0.15, -0.1) is 0 Å². The number of methoxy groups -OCH3 is 1. The van der Waals surface area contributed by atoms with E-state index in [2.05, 4.69) is 0 Å². The SMILES string of the molecule is COc1ccccc1C(C)=C(C#N)C#N. The average molecular weight is 198 g/mol. The van der Waals surface area contributed by atoms with Crippen LogP contribution in [0.2, 0.25) is 0 Å². The summed E-state index contributed by atoms with van der Waals surface area (Å²) in [6.45, 7) is 1.74. The summed E-state index contributed by atoms with van der Waals surface area (Å²) < 4.78 is 5.15. The fourth-order valence-corrected chi connectivity index (χ4v) is 1.28. The van der Waals surface area contributed by atoms with Crippen molar-refractivity contribution in [2.45, 2.75) is 6.92 Å². The van der Waals surface area contributed by atoms with Gasteiger partial charge in [0.15, 0.2) is 0 Å². The molecule has 3 heteroatoms. The summed E-state index contributed by atoms with van der Waals surface area (Å²) >= 11 is 0. The predicted molar refractivity (Wildman–Crippen MR) is 56.8 cm³/mol. The molecule has 1 aromatic rings.